The van der Waals surface area contributed by atoms with Crippen LogP contribution in [0.25, 0.3) is 10.9 Å². The van der Waals surface area contributed by atoms with Crippen LogP contribution in [-0.4, -0.2) is 30.1 Å². The highest BCUT2D eigenvalue weighted by Crippen LogP contribution is 2.31. The third-order valence-corrected chi connectivity index (χ3v) is 4.39. The molecule has 0 N–H and O–H groups in total. The van der Waals surface area contributed by atoms with Gasteiger partial charge < -0.3 is 4.74 Å². The van der Waals surface area contributed by atoms with Gasteiger partial charge in [-0.15, -0.1) is 11.6 Å². The number of alkyl halides is 1. The number of pyridine rings is 1. The van der Waals surface area contributed by atoms with E-state index in [1.54, 1.807) is 7.11 Å². The lowest BCUT2D eigenvalue weighted by Gasteiger charge is -2.29. The summed E-state index contributed by atoms with van der Waals surface area (Å²) in [6.07, 6.45) is 1.01. The van der Waals surface area contributed by atoms with Crippen LogP contribution in [0.5, 0.6) is 5.75 Å². The zero-order valence-electron chi connectivity index (χ0n) is 11.9. The molecule has 1 aliphatic heterocycles. The highest BCUT2D eigenvalue weighted by molar-refractivity contribution is 6.18. The molecule has 20 heavy (non-hydrogen) atoms. The van der Waals surface area contributed by atoms with Crippen LogP contribution in [0.2, 0.25) is 0 Å². The van der Waals surface area contributed by atoms with Gasteiger partial charge in [0.05, 0.1) is 12.6 Å². The van der Waals surface area contributed by atoms with E-state index in [0.29, 0.717) is 5.88 Å². The van der Waals surface area contributed by atoms with Crippen molar-refractivity contribution in [1.29, 1.82) is 0 Å². The van der Waals surface area contributed by atoms with Crippen LogP contribution in [0.1, 0.15) is 23.7 Å². The maximum absolute atomic E-state index is 6.24. The fourth-order valence-electron chi connectivity index (χ4n) is 2.91. The van der Waals surface area contributed by atoms with E-state index in [4.69, 9.17) is 21.3 Å². The Bertz CT molecular complexity index is 642. The number of halogens is 1. The molecule has 1 aromatic heterocycles. The molecule has 4 heteroatoms. The molecule has 2 heterocycles. The summed E-state index contributed by atoms with van der Waals surface area (Å²) in [6, 6.07) is 6.03. The van der Waals surface area contributed by atoms with Gasteiger partial charge in [-0.3, -0.25) is 9.88 Å². The van der Waals surface area contributed by atoms with Gasteiger partial charge in [0.1, 0.15) is 5.75 Å². The highest BCUT2D eigenvalue weighted by Gasteiger charge is 2.21. The van der Waals surface area contributed by atoms with Crippen LogP contribution in [0.3, 0.4) is 0 Å². The summed E-state index contributed by atoms with van der Waals surface area (Å²) >= 11 is 6.24. The monoisotopic (exact) mass is 290 g/mol. The number of methoxy groups -OCH3 is 1. The minimum Gasteiger partial charge on any atom is -0.497 e. The topological polar surface area (TPSA) is 25.4 Å². The Morgan fingerprint density at radius 2 is 2.25 bits per heavy atom. The van der Waals surface area contributed by atoms with E-state index in [0.717, 1.165) is 42.7 Å². The van der Waals surface area contributed by atoms with Crippen LogP contribution < -0.4 is 4.74 Å². The Morgan fingerprint density at radius 3 is 2.95 bits per heavy atom. The number of hydrogen-bond donors (Lipinski definition) is 0. The zero-order valence-corrected chi connectivity index (χ0v) is 12.7. The average molecular weight is 291 g/mol. The molecule has 0 aliphatic carbocycles. The van der Waals surface area contributed by atoms with Gasteiger partial charge in [0.15, 0.2) is 0 Å². The Balaban J connectivity index is 2.21. The van der Waals surface area contributed by atoms with Gasteiger partial charge in [0, 0.05) is 36.5 Å². The van der Waals surface area contributed by atoms with Gasteiger partial charge in [-0.25, -0.2) is 0 Å². The van der Waals surface area contributed by atoms with Crippen LogP contribution in [0.15, 0.2) is 18.2 Å². The third kappa shape index (κ3) is 2.25. The number of fused-ring (bicyclic) bond motifs is 2. The van der Waals surface area contributed by atoms with E-state index in [-0.39, 0.29) is 0 Å². The van der Waals surface area contributed by atoms with Crippen molar-refractivity contribution in [2.45, 2.75) is 25.8 Å². The molecule has 0 saturated heterocycles. The molecule has 3 nitrogen and oxygen atoms in total. The van der Waals surface area contributed by atoms with Gasteiger partial charge >= 0.3 is 0 Å². The van der Waals surface area contributed by atoms with Gasteiger partial charge in [-0.1, -0.05) is 6.92 Å². The molecular weight excluding hydrogens is 272 g/mol. The van der Waals surface area contributed by atoms with Crippen LogP contribution in [0.4, 0.5) is 0 Å². The number of ether oxygens (including phenoxy) is 1. The minimum atomic E-state index is 0.520. The molecule has 3 rings (SSSR count). The summed E-state index contributed by atoms with van der Waals surface area (Å²) in [4.78, 5) is 7.26. The minimum absolute atomic E-state index is 0.520. The van der Waals surface area contributed by atoms with Crippen molar-refractivity contribution in [2.24, 2.45) is 0 Å². The maximum Gasteiger partial charge on any atom is 0.119 e. The van der Waals surface area contributed by atoms with Crippen molar-refractivity contribution < 1.29 is 4.74 Å². The molecule has 0 spiro atoms. The normalized spacial score (nSPS) is 15.3. The zero-order chi connectivity index (χ0) is 14.1. The smallest absolute Gasteiger partial charge is 0.119 e. The molecule has 0 amide bonds. The molecule has 2 aromatic rings. The molecule has 0 unspecified atom stereocenters. The second-order valence-electron chi connectivity index (χ2n) is 5.15. The van der Waals surface area contributed by atoms with Crippen LogP contribution >= 0.6 is 11.6 Å². The molecule has 0 radical (unpaired) electrons. The number of aromatic nitrogens is 1. The molecule has 1 aromatic carbocycles. The SMILES string of the molecule is CCN1CCc2nc3ccc(OC)cc3c(CCl)c2C1. The lowest BCUT2D eigenvalue weighted by atomic mass is 9.96. The number of benzene rings is 1. The Kier molecular flexibility index (Phi) is 3.81. The first kappa shape index (κ1) is 13.7. The van der Waals surface area contributed by atoms with Gasteiger partial charge in [0.25, 0.3) is 0 Å². The summed E-state index contributed by atoms with van der Waals surface area (Å²) in [5.74, 6) is 1.38. The first-order valence-electron chi connectivity index (χ1n) is 7.03. The number of hydrogen-bond acceptors (Lipinski definition) is 3. The van der Waals surface area contributed by atoms with Crippen molar-refractivity contribution >= 4 is 22.5 Å². The van der Waals surface area contributed by atoms with E-state index >= 15 is 0 Å². The lowest BCUT2D eigenvalue weighted by molar-refractivity contribution is 0.265. The molecule has 1 aliphatic rings. The summed E-state index contributed by atoms with van der Waals surface area (Å²) in [6.45, 7) is 5.30. The molecule has 0 fully saturated rings. The molecule has 106 valence electrons. The van der Waals surface area contributed by atoms with E-state index in [9.17, 15) is 0 Å². The fourth-order valence-corrected chi connectivity index (χ4v) is 3.22. The van der Waals surface area contributed by atoms with Crippen molar-refractivity contribution in [3.05, 3.63) is 35.0 Å². The Labute approximate surface area is 124 Å². The molecule has 0 bridgehead atoms. The fraction of sp³-hybridized carbons (Fsp3) is 0.438. The molecular formula is C16H19ClN2O. The predicted octanol–water partition coefficient (Wildman–Crippen LogP) is 3.36. The van der Waals surface area contributed by atoms with E-state index in [1.807, 2.05) is 18.2 Å². The summed E-state index contributed by atoms with van der Waals surface area (Å²) in [7, 11) is 1.69. The maximum atomic E-state index is 6.24. The third-order valence-electron chi connectivity index (χ3n) is 4.12. The van der Waals surface area contributed by atoms with Crippen LogP contribution in [-0.2, 0) is 18.8 Å². The standard InChI is InChI=1S/C16H19ClN2O/c1-3-19-7-6-16-14(10-19)13(9-17)12-8-11(20-2)4-5-15(12)18-16/h4-5,8H,3,6-7,9-10H2,1-2H3. The number of rotatable bonds is 3. The molecule has 0 atom stereocenters. The highest BCUT2D eigenvalue weighted by atomic mass is 35.5. The van der Waals surface area contributed by atoms with Crippen LogP contribution in [0, 0.1) is 0 Å². The second kappa shape index (κ2) is 5.58. The van der Waals surface area contributed by atoms with E-state index < -0.39 is 0 Å². The van der Waals surface area contributed by atoms with E-state index in [1.165, 1.54) is 16.8 Å². The Hall–Kier alpha value is -1.32. The summed E-state index contributed by atoms with van der Waals surface area (Å²) < 4.78 is 5.33. The average Bonchev–Trinajstić information content (AvgIpc) is 2.51. The summed E-state index contributed by atoms with van der Waals surface area (Å²) in [5, 5.41) is 1.12. The first-order valence-corrected chi connectivity index (χ1v) is 7.57. The summed E-state index contributed by atoms with van der Waals surface area (Å²) in [5.41, 5.74) is 4.76. The Morgan fingerprint density at radius 1 is 1.40 bits per heavy atom. The molecule has 0 saturated carbocycles. The van der Waals surface area contributed by atoms with Crippen molar-refractivity contribution in [2.75, 3.05) is 20.2 Å². The van der Waals surface area contributed by atoms with E-state index in [2.05, 4.69) is 11.8 Å². The van der Waals surface area contributed by atoms with Crippen molar-refractivity contribution in [1.82, 2.24) is 9.88 Å². The van der Waals surface area contributed by atoms with Gasteiger partial charge in [-0.2, -0.15) is 0 Å². The first-order chi connectivity index (χ1) is 9.76. The van der Waals surface area contributed by atoms with Gasteiger partial charge in [0.2, 0.25) is 0 Å². The second-order valence-corrected chi connectivity index (χ2v) is 5.42. The number of nitrogens with zero attached hydrogens (tertiary/aromatic N) is 2. The number of likely N-dealkylation sites (N-methyl/N-ethyl adjacent to an activating group) is 1. The van der Waals surface area contributed by atoms with Crippen molar-refractivity contribution in [3.8, 4) is 5.75 Å². The van der Waals surface area contributed by atoms with Crippen molar-refractivity contribution in [3.63, 3.8) is 0 Å². The quantitative estimate of drug-likeness (QED) is 0.811. The lowest BCUT2D eigenvalue weighted by Crippen LogP contribution is -2.31. The largest absolute Gasteiger partial charge is 0.497 e. The van der Waals surface area contributed by atoms with Gasteiger partial charge in [-0.05, 0) is 35.9 Å². The predicted molar refractivity (Wildman–Crippen MR) is 82.5 cm³/mol.